The summed E-state index contributed by atoms with van der Waals surface area (Å²) in [6.45, 7) is 0. The second kappa shape index (κ2) is 12.5. The summed E-state index contributed by atoms with van der Waals surface area (Å²) >= 11 is 0. The second-order valence-electron chi connectivity index (χ2n) is 10.2. The van der Waals surface area contributed by atoms with Crippen LogP contribution in [0.2, 0.25) is 0 Å². The Bertz CT molecular complexity index is 2530. The molecule has 0 N–H and O–H groups in total. The molecule has 52 heavy (non-hydrogen) atoms. The van der Waals surface area contributed by atoms with E-state index in [9.17, 15) is 65.9 Å². The van der Waals surface area contributed by atoms with E-state index in [-0.39, 0.29) is 12.1 Å². The molecule has 22 heteroatoms. The maximum Gasteiger partial charge on any atom is 0.864 e. The largest absolute Gasteiger partial charge is 0.864 e. The smallest absolute Gasteiger partial charge is 0.489 e. The third-order valence-corrected chi connectivity index (χ3v) is 7.29. The van der Waals surface area contributed by atoms with Crippen LogP contribution >= 0.6 is 0 Å². The van der Waals surface area contributed by atoms with Gasteiger partial charge in [0, 0.05) is 5.39 Å². The average molecular weight is 764 g/mol. The van der Waals surface area contributed by atoms with Gasteiger partial charge in [-0.25, -0.2) is 65.9 Å². The fourth-order valence-corrected chi connectivity index (χ4v) is 4.96. The molecular formula is C30H3BF18O3. The number of hydrogen-bond acceptors (Lipinski definition) is 3. The summed E-state index contributed by atoms with van der Waals surface area (Å²) in [6, 6.07) is 0.490. The van der Waals surface area contributed by atoms with Crippen molar-refractivity contribution in [3.63, 3.8) is 0 Å². The van der Waals surface area contributed by atoms with Gasteiger partial charge in [0.25, 0.3) is 0 Å². The van der Waals surface area contributed by atoms with E-state index in [1.165, 1.54) is 0 Å². The zero-order valence-electron chi connectivity index (χ0n) is 23.8. The molecule has 0 radical (unpaired) electrons. The summed E-state index contributed by atoms with van der Waals surface area (Å²) in [5, 5.41) is -11.7. The van der Waals surface area contributed by atoms with Crippen LogP contribution in [0.5, 0.6) is 17.2 Å². The highest BCUT2D eigenvalue weighted by atomic mass is 19.2. The van der Waals surface area contributed by atoms with Gasteiger partial charge in [0.1, 0.15) is 23.2 Å². The van der Waals surface area contributed by atoms with E-state index in [0.717, 1.165) is 0 Å². The van der Waals surface area contributed by atoms with E-state index < -0.39 is 162 Å². The van der Waals surface area contributed by atoms with Crippen LogP contribution in [0.4, 0.5) is 79.0 Å². The summed E-state index contributed by atoms with van der Waals surface area (Å²) in [5.74, 6) is -53.7. The summed E-state index contributed by atoms with van der Waals surface area (Å²) < 4.78 is 275. The first kappa shape index (κ1) is 36.1. The molecule has 0 saturated carbocycles. The minimum atomic E-state index is -3.58. The molecule has 0 atom stereocenters. The van der Waals surface area contributed by atoms with E-state index in [1.807, 2.05) is 0 Å². The van der Waals surface area contributed by atoms with Crippen molar-refractivity contribution in [2.45, 2.75) is 0 Å². The van der Waals surface area contributed by atoms with Gasteiger partial charge in [-0.1, -0.05) is 0 Å². The Balaban J connectivity index is 1.67. The van der Waals surface area contributed by atoms with Crippen LogP contribution < -0.4 is 14.0 Å². The van der Waals surface area contributed by atoms with Crippen molar-refractivity contribution in [1.82, 2.24) is 0 Å². The maximum atomic E-state index is 15.8. The van der Waals surface area contributed by atoms with E-state index in [1.54, 1.807) is 0 Å². The highest BCUT2D eigenvalue weighted by Gasteiger charge is 2.41. The molecule has 6 aromatic rings. The summed E-state index contributed by atoms with van der Waals surface area (Å²) in [6.07, 6.45) is 0. The molecule has 0 bridgehead atoms. The van der Waals surface area contributed by atoms with Gasteiger partial charge >= 0.3 is 7.32 Å². The third-order valence-electron chi connectivity index (χ3n) is 7.29. The Hall–Kier alpha value is -5.70. The van der Waals surface area contributed by atoms with Crippen molar-refractivity contribution in [2.75, 3.05) is 0 Å². The molecule has 0 unspecified atom stereocenters. The maximum absolute atomic E-state index is 15.8. The number of benzene rings is 6. The van der Waals surface area contributed by atoms with Crippen LogP contribution in [-0.2, 0) is 0 Å². The molecule has 6 rings (SSSR count). The van der Waals surface area contributed by atoms with Gasteiger partial charge < -0.3 is 14.0 Å². The molecule has 3 nitrogen and oxygen atoms in total. The quantitative estimate of drug-likeness (QED) is 0.0556. The highest BCUT2D eigenvalue weighted by Crippen LogP contribution is 2.44. The lowest BCUT2D eigenvalue weighted by Crippen LogP contribution is -2.38. The van der Waals surface area contributed by atoms with Crippen molar-refractivity contribution >= 4 is 39.6 Å². The molecule has 0 aliphatic rings. The van der Waals surface area contributed by atoms with Crippen molar-refractivity contribution in [2.24, 2.45) is 0 Å². The Labute approximate surface area is 273 Å². The molecule has 0 amide bonds. The first-order valence-corrected chi connectivity index (χ1v) is 13.2. The Morgan fingerprint density at radius 1 is 0.308 bits per heavy atom. The van der Waals surface area contributed by atoms with Crippen molar-refractivity contribution in [1.29, 1.82) is 0 Å². The van der Waals surface area contributed by atoms with Gasteiger partial charge in [0.15, 0.2) is 63.9 Å². The van der Waals surface area contributed by atoms with Crippen LogP contribution in [-0.4, -0.2) is 7.32 Å². The standard InChI is InChI=1S/C30H3BF18O3/c32-5-1-2-7(4-3-6(33)13(34)16(37)8(4)5)50-31(52-30-27(48)24(45)23(44)25(46)28(30)49)51-29-12-11(19(40)22(43)26(29)47)14(35)9-10(15(12)36)18(39)21(42)20(41)17(9)38/h1-3H. The fourth-order valence-electron chi connectivity index (χ4n) is 4.96. The van der Waals surface area contributed by atoms with Crippen molar-refractivity contribution < 1.29 is 93.0 Å². The fraction of sp³-hybridized carbons (Fsp3) is 0. The molecule has 0 fully saturated rings. The summed E-state index contributed by atoms with van der Waals surface area (Å²) in [7, 11) is -3.58. The van der Waals surface area contributed by atoms with Gasteiger partial charge in [-0.05, 0) is 18.2 Å². The lowest BCUT2D eigenvalue weighted by Gasteiger charge is -2.21. The van der Waals surface area contributed by atoms with Crippen LogP contribution in [0.15, 0.2) is 18.2 Å². The Morgan fingerprint density at radius 2 is 0.692 bits per heavy atom. The molecule has 0 aromatic heterocycles. The van der Waals surface area contributed by atoms with Gasteiger partial charge in [0.2, 0.25) is 34.9 Å². The van der Waals surface area contributed by atoms with Crippen LogP contribution in [0.3, 0.4) is 0 Å². The van der Waals surface area contributed by atoms with E-state index in [0.29, 0.717) is 6.07 Å². The number of hydrogen-bond donors (Lipinski definition) is 0. The predicted octanol–water partition coefficient (Wildman–Crippen LogP) is 10.2. The van der Waals surface area contributed by atoms with Gasteiger partial charge in [-0.2, -0.15) is 13.2 Å². The first-order valence-electron chi connectivity index (χ1n) is 13.2. The summed E-state index contributed by atoms with van der Waals surface area (Å²) in [5.41, 5.74) is 0. The molecule has 270 valence electrons. The number of halogens is 18. The zero-order chi connectivity index (χ0) is 38.4. The van der Waals surface area contributed by atoms with E-state index in [4.69, 9.17) is 4.65 Å². The van der Waals surface area contributed by atoms with Gasteiger partial charge in [-0.3, -0.25) is 0 Å². The Morgan fingerprint density at radius 3 is 1.23 bits per heavy atom. The normalized spacial score (nSPS) is 11.7. The molecule has 6 aromatic carbocycles. The lowest BCUT2D eigenvalue weighted by atomic mass is 9.98. The van der Waals surface area contributed by atoms with Gasteiger partial charge in [-0.15, -0.1) is 0 Å². The lowest BCUT2D eigenvalue weighted by molar-refractivity contribution is 0.273. The topological polar surface area (TPSA) is 27.7 Å². The van der Waals surface area contributed by atoms with Crippen LogP contribution in [0, 0.1) is 105 Å². The molecular weight excluding hydrogens is 761 g/mol. The minimum absolute atomic E-state index is 0.0264. The van der Waals surface area contributed by atoms with Gasteiger partial charge in [0.05, 0.1) is 26.9 Å². The number of fused-ring (bicyclic) bond motifs is 3. The number of rotatable bonds is 6. The summed E-state index contributed by atoms with van der Waals surface area (Å²) in [4.78, 5) is 0. The second-order valence-corrected chi connectivity index (χ2v) is 10.2. The molecule has 0 spiro atoms. The molecule has 0 aliphatic carbocycles. The molecule has 0 saturated heterocycles. The monoisotopic (exact) mass is 764 g/mol. The Kier molecular flexibility index (Phi) is 8.69. The zero-order valence-corrected chi connectivity index (χ0v) is 23.8. The third kappa shape index (κ3) is 5.13. The molecule has 0 aliphatic heterocycles. The highest BCUT2D eigenvalue weighted by molar-refractivity contribution is 6.40. The molecule has 0 heterocycles. The predicted molar refractivity (Wildman–Crippen MR) is 139 cm³/mol. The average Bonchev–Trinajstić information content (AvgIpc) is 3.11. The van der Waals surface area contributed by atoms with Crippen LogP contribution in [0.1, 0.15) is 0 Å². The minimum Gasteiger partial charge on any atom is -0.489 e. The van der Waals surface area contributed by atoms with E-state index >= 15 is 13.2 Å². The van der Waals surface area contributed by atoms with Crippen molar-refractivity contribution in [3.8, 4) is 17.2 Å². The van der Waals surface area contributed by atoms with Crippen molar-refractivity contribution in [3.05, 3.63) is 123 Å². The first-order chi connectivity index (χ1) is 24.3. The SMILES string of the molecule is Fc1cc2c(OB(Oc3c(F)c(F)c(F)c(F)c3F)Oc3c(F)c(F)c(F)c4c(F)c5c(F)c(F)c(F)c(F)c5c(F)c34)ccc(F)c2c(F)c1F. The van der Waals surface area contributed by atoms with E-state index in [2.05, 4.69) is 9.31 Å². The van der Waals surface area contributed by atoms with Crippen LogP contribution in [0.25, 0.3) is 32.3 Å².